The molecule has 24 heavy (non-hydrogen) atoms. The van der Waals surface area contributed by atoms with Gasteiger partial charge in [0.1, 0.15) is 0 Å². The quantitative estimate of drug-likeness (QED) is 0.767. The molecule has 0 aromatic heterocycles. The summed E-state index contributed by atoms with van der Waals surface area (Å²) in [4.78, 5) is 26.1. The topological polar surface area (TPSA) is 87.5 Å². The van der Waals surface area contributed by atoms with Gasteiger partial charge in [0.15, 0.2) is 0 Å². The van der Waals surface area contributed by atoms with Gasteiger partial charge in [0.05, 0.1) is 0 Å². The summed E-state index contributed by atoms with van der Waals surface area (Å²) < 4.78 is 0. The fraction of sp³-hybridized carbons (Fsp3) is 0.556. The van der Waals surface area contributed by atoms with E-state index in [4.69, 9.17) is 5.73 Å². The van der Waals surface area contributed by atoms with E-state index < -0.39 is 0 Å². The van der Waals surface area contributed by atoms with Crippen LogP contribution in [-0.4, -0.2) is 42.0 Å². The Morgan fingerprint density at radius 2 is 1.96 bits per heavy atom. The third-order valence-electron chi connectivity index (χ3n) is 4.33. The van der Waals surface area contributed by atoms with Crippen molar-refractivity contribution in [2.75, 3.05) is 13.1 Å². The SMILES string of the molecule is CC(C)NC(=O)NCc1ccc(C(=O)N2CC(CN)CC2C)cc1. The highest BCUT2D eigenvalue weighted by atomic mass is 16.2. The van der Waals surface area contributed by atoms with E-state index in [2.05, 4.69) is 17.6 Å². The lowest BCUT2D eigenvalue weighted by Gasteiger charge is -2.21. The Hall–Kier alpha value is -2.08. The molecule has 1 aliphatic heterocycles. The second-order valence-corrected chi connectivity index (χ2v) is 6.82. The Kier molecular flexibility index (Phi) is 6.20. The molecule has 0 aliphatic carbocycles. The normalized spacial score (nSPS) is 20.3. The van der Waals surface area contributed by atoms with Crippen LogP contribution in [-0.2, 0) is 6.54 Å². The van der Waals surface area contributed by atoms with Gasteiger partial charge in [-0.1, -0.05) is 12.1 Å². The van der Waals surface area contributed by atoms with Gasteiger partial charge in [-0.2, -0.15) is 0 Å². The van der Waals surface area contributed by atoms with Crippen molar-refractivity contribution in [1.82, 2.24) is 15.5 Å². The van der Waals surface area contributed by atoms with Crippen molar-refractivity contribution in [3.05, 3.63) is 35.4 Å². The first-order valence-electron chi connectivity index (χ1n) is 8.55. The van der Waals surface area contributed by atoms with E-state index in [1.807, 2.05) is 43.0 Å². The standard InChI is InChI=1S/C18H28N4O2/c1-12(2)21-18(24)20-10-14-4-6-16(7-5-14)17(23)22-11-15(9-19)8-13(22)3/h4-7,12-13,15H,8-11,19H2,1-3H3,(H2,20,21,24). The van der Waals surface area contributed by atoms with Crippen LogP contribution in [0.2, 0.25) is 0 Å². The molecule has 1 saturated heterocycles. The van der Waals surface area contributed by atoms with Crippen LogP contribution in [0.15, 0.2) is 24.3 Å². The number of hydrogen-bond donors (Lipinski definition) is 3. The minimum Gasteiger partial charge on any atom is -0.336 e. The molecule has 1 heterocycles. The van der Waals surface area contributed by atoms with Crippen molar-refractivity contribution in [2.45, 2.75) is 45.8 Å². The average Bonchev–Trinajstić information content (AvgIpc) is 2.93. The van der Waals surface area contributed by atoms with Gasteiger partial charge in [-0.25, -0.2) is 4.79 Å². The molecule has 0 spiro atoms. The molecule has 6 heteroatoms. The predicted octanol–water partition coefficient (Wildman–Crippen LogP) is 1.70. The number of urea groups is 1. The van der Waals surface area contributed by atoms with Crippen molar-refractivity contribution < 1.29 is 9.59 Å². The zero-order valence-electron chi connectivity index (χ0n) is 14.7. The van der Waals surface area contributed by atoms with Crippen molar-refractivity contribution >= 4 is 11.9 Å². The Morgan fingerprint density at radius 1 is 1.29 bits per heavy atom. The van der Waals surface area contributed by atoms with Gasteiger partial charge in [0, 0.05) is 30.7 Å². The number of rotatable bonds is 5. The van der Waals surface area contributed by atoms with Crippen LogP contribution in [0.5, 0.6) is 0 Å². The van der Waals surface area contributed by atoms with E-state index >= 15 is 0 Å². The highest BCUT2D eigenvalue weighted by molar-refractivity contribution is 5.94. The molecule has 0 saturated carbocycles. The van der Waals surface area contributed by atoms with Crippen LogP contribution in [0.4, 0.5) is 4.79 Å². The van der Waals surface area contributed by atoms with E-state index in [0.29, 0.717) is 24.6 Å². The summed E-state index contributed by atoms with van der Waals surface area (Å²) in [5.41, 5.74) is 7.36. The molecule has 132 valence electrons. The lowest BCUT2D eigenvalue weighted by molar-refractivity contribution is 0.0743. The van der Waals surface area contributed by atoms with Gasteiger partial charge < -0.3 is 21.3 Å². The maximum absolute atomic E-state index is 12.6. The first-order chi connectivity index (χ1) is 11.4. The maximum Gasteiger partial charge on any atom is 0.315 e. The molecule has 1 aromatic carbocycles. The van der Waals surface area contributed by atoms with Gasteiger partial charge in [-0.05, 0) is 57.4 Å². The highest BCUT2D eigenvalue weighted by Gasteiger charge is 2.31. The van der Waals surface area contributed by atoms with E-state index in [0.717, 1.165) is 18.5 Å². The van der Waals surface area contributed by atoms with E-state index in [9.17, 15) is 9.59 Å². The second kappa shape index (κ2) is 8.15. The van der Waals surface area contributed by atoms with Gasteiger partial charge >= 0.3 is 6.03 Å². The number of benzene rings is 1. The van der Waals surface area contributed by atoms with Gasteiger partial charge in [0.25, 0.3) is 5.91 Å². The molecule has 0 radical (unpaired) electrons. The number of likely N-dealkylation sites (tertiary alicyclic amines) is 1. The van der Waals surface area contributed by atoms with Crippen LogP contribution >= 0.6 is 0 Å². The lowest BCUT2D eigenvalue weighted by Crippen LogP contribution is -2.39. The molecule has 0 bridgehead atoms. The summed E-state index contributed by atoms with van der Waals surface area (Å²) in [5, 5.41) is 5.57. The smallest absolute Gasteiger partial charge is 0.315 e. The first-order valence-corrected chi connectivity index (χ1v) is 8.55. The van der Waals surface area contributed by atoms with Crippen molar-refractivity contribution in [2.24, 2.45) is 11.7 Å². The summed E-state index contributed by atoms with van der Waals surface area (Å²) in [6, 6.07) is 7.54. The monoisotopic (exact) mass is 332 g/mol. The number of carbonyl (C=O) groups is 2. The molecule has 1 fully saturated rings. The van der Waals surface area contributed by atoms with E-state index in [1.165, 1.54) is 0 Å². The minimum absolute atomic E-state index is 0.0514. The first kappa shape index (κ1) is 18.3. The predicted molar refractivity (Wildman–Crippen MR) is 94.6 cm³/mol. The molecule has 3 amide bonds. The molecule has 1 aromatic rings. The number of hydrogen-bond acceptors (Lipinski definition) is 3. The highest BCUT2D eigenvalue weighted by Crippen LogP contribution is 2.24. The van der Waals surface area contributed by atoms with Gasteiger partial charge in [-0.15, -0.1) is 0 Å². The van der Waals surface area contributed by atoms with E-state index in [-0.39, 0.29) is 24.0 Å². The fourth-order valence-corrected chi connectivity index (χ4v) is 3.02. The van der Waals surface area contributed by atoms with Crippen LogP contribution in [0.3, 0.4) is 0 Å². The second-order valence-electron chi connectivity index (χ2n) is 6.82. The summed E-state index contributed by atoms with van der Waals surface area (Å²) >= 11 is 0. The fourth-order valence-electron chi connectivity index (χ4n) is 3.02. The van der Waals surface area contributed by atoms with Crippen LogP contribution in [0.1, 0.15) is 43.1 Å². The average molecular weight is 332 g/mol. The molecule has 6 nitrogen and oxygen atoms in total. The van der Waals surface area contributed by atoms with Crippen LogP contribution in [0, 0.1) is 5.92 Å². The Balaban J connectivity index is 1.92. The Labute approximate surface area is 143 Å². The van der Waals surface area contributed by atoms with E-state index in [1.54, 1.807) is 0 Å². The van der Waals surface area contributed by atoms with Crippen molar-refractivity contribution in [1.29, 1.82) is 0 Å². The molecular formula is C18H28N4O2. The third-order valence-corrected chi connectivity index (χ3v) is 4.33. The number of nitrogens with one attached hydrogen (secondary N) is 2. The van der Waals surface area contributed by atoms with Crippen LogP contribution < -0.4 is 16.4 Å². The molecule has 2 rings (SSSR count). The lowest BCUT2D eigenvalue weighted by atomic mass is 10.1. The Bertz CT molecular complexity index is 571. The number of carbonyl (C=O) groups excluding carboxylic acids is 2. The molecular weight excluding hydrogens is 304 g/mol. The van der Waals surface area contributed by atoms with Crippen molar-refractivity contribution in [3.8, 4) is 0 Å². The molecule has 1 aliphatic rings. The van der Waals surface area contributed by atoms with Crippen molar-refractivity contribution in [3.63, 3.8) is 0 Å². The number of nitrogens with zero attached hydrogens (tertiary/aromatic N) is 1. The third kappa shape index (κ3) is 4.71. The van der Waals surface area contributed by atoms with Gasteiger partial charge in [0.2, 0.25) is 0 Å². The Morgan fingerprint density at radius 3 is 2.50 bits per heavy atom. The van der Waals surface area contributed by atoms with Gasteiger partial charge in [-0.3, -0.25) is 4.79 Å². The summed E-state index contributed by atoms with van der Waals surface area (Å²) in [5.74, 6) is 0.447. The molecule has 2 atom stereocenters. The molecule has 2 unspecified atom stereocenters. The minimum atomic E-state index is -0.191. The number of amides is 3. The number of nitrogens with two attached hydrogens (primary N) is 1. The largest absolute Gasteiger partial charge is 0.336 e. The zero-order chi connectivity index (χ0) is 17.7. The summed E-state index contributed by atoms with van der Waals surface area (Å²) in [6.45, 7) is 7.68. The summed E-state index contributed by atoms with van der Waals surface area (Å²) in [7, 11) is 0. The van der Waals surface area contributed by atoms with Crippen LogP contribution in [0.25, 0.3) is 0 Å². The molecule has 4 N–H and O–H groups in total. The summed E-state index contributed by atoms with van der Waals surface area (Å²) in [6.07, 6.45) is 0.967. The zero-order valence-corrected chi connectivity index (χ0v) is 14.7. The maximum atomic E-state index is 12.6.